The highest BCUT2D eigenvalue weighted by molar-refractivity contribution is 6.31. The lowest BCUT2D eigenvalue weighted by molar-refractivity contribution is 0.0521. The van der Waals surface area contributed by atoms with E-state index in [2.05, 4.69) is 9.97 Å². The van der Waals surface area contributed by atoms with Crippen LogP contribution in [-0.4, -0.2) is 27.1 Å². The van der Waals surface area contributed by atoms with Crippen LogP contribution in [0.5, 0.6) is 0 Å². The predicted molar refractivity (Wildman–Crippen MR) is 132 cm³/mol. The first-order valence-electron chi connectivity index (χ1n) is 10.7. The first-order chi connectivity index (χ1) is 16.9. The number of benzene rings is 3. The Morgan fingerprint density at radius 1 is 1.03 bits per heavy atom. The molecule has 0 unspecified atom stereocenters. The Balaban J connectivity index is 1.90. The van der Waals surface area contributed by atoms with E-state index in [-0.39, 0.29) is 39.6 Å². The Labute approximate surface area is 208 Å². The van der Waals surface area contributed by atoms with Gasteiger partial charge in [0.25, 0.3) is 0 Å². The number of H-pyrrole nitrogens is 1. The third kappa shape index (κ3) is 4.07. The second-order valence-corrected chi connectivity index (χ2v) is 8.48. The number of rotatable bonds is 5. The van der Waals surface area contributed by atoms with Crippen LogP contribution in [0.25, 0.3) is 39.2 Å². The minimum atomic E-state index is -0.716. The maximum Gasteiger partial charge on any atom is 0.359 e. The van der Waals surface area contributed by atoms with Gasteiger partial charge in [-0.05, 0) is 54.8 Å². The second kappa shape index (κ2) is 9.17. The summed E-state index contributed by atoms with van der Waals surface area (Å²) in [4.78, 5) is 20.7. The molecule has 0 aliphatic heterocycles. The van der Waals surface area contributed by atoms with Crippen LogP contribution in [0.2, 0.25) is 10.0 Å². The standard InChI is InChI=1S/C26H17Cl2F2N3O2/c1-2-35-26(34)23-24(15-8-9-19(29)18(28)12-15)33(21-5-3-4-17(27)22(21)30)25(32-23)16-7-6-14-10-11-31-20(14)13-16/h3-13,31H,2H2,1H3. The molecule has 5 aromatic rings. The van der Waals surface area contributed by atoms with Crippen molar-refractivity contribution in [2.24, 2.45) is 0 Å². The maximum atomic E-state index is 15.4. The molecule has 176 valence electrons. The lowest BCUT2D eigenvalue weighted by atomic mass is 10.1. The van der Waals surface area contributed by atoms with Crippen molar-refractivity contribution in [2.75, 3.05) is 6.61 Å². The molecule has 0 saturated carbocycles. The number of ether oxygens (including phenoxy) is 1. The number of aromatic nitrogens is 3. The highest BCUT2D eigenvalue weighted by atomic mass is 35.5. The van der Waals surface area contributed by atoms with Gasteiger partial charge in [-0.2, -0.15) is 0 Å². The van der Waals surface area contributed by atoms with Gasteiger partial charge < -0.3 is 9.72 Å². The summed E-state index contributed by atoms with van der Waals surface area (Å²) >= 11 is 12.2. The summed E-state index contributed by atoms with van der Waals surface area (Å²) in [7, 11) is 0. The van der Waals surface area contributed by atoms with Crippen LogP contribution >= 0.6 is 23.2 Å². The van der Waals surface area contributed by atoms with E-state index in [0.29, 0.717) is 11.1 Å². The van der Waals surface area contributed by atoms with Gasteiger partial charge in [-0.15, -0.1) is 0 Å². The van der Waals surface area contributed by atoms with Crippen LogP contribution in [0, 0.1) is 11.6 Å². The van der Waals surface area contributed by atoms with E-state index in [1.807, 2.05) is 24.3 Å². The number of imidazole rings is 1. The summed E-state index contributed by atoms with van der Waals surface area (Å²) in [6, 6.07) is 15.9. The van der Waals surface area contributed by atoms with E-state index in [4.69, 9.17) is 27.9 Å². The Hall–Kier alpha value is -3.68. The molecule has 3 aromatic carbocycles. The van der Waals surface area contributed by atoms with Gasteiger partial charge in [0.1, 0.15) is 11.6 Å². The zero-order valence-corrected chi connectivity index (χ0v) is 19.8. The minimum absolute atomic E-state index is 0.0533. The quantitative estimate of drug-likeness (QED) is 0.249. The zero-order valence-electron chi connectivity index (χ0n) is 18.3. The minimum Gasteiger partial charge on any atom is -0.461 e. The Bertz CT molecular complexity index is 1590. The summed E-state index contributed by atoms with van der Waals surface area (Å²) in [5, 5.41) is 0.700. The van der Waals surface area contributed by atoms with Gasteiger partial charge >= 0.3 is 5.97 Å². The summed E-state index contributed by atoms with van der Waals surface area (Å²) in [5.41, 5.74) is 1.94. The lowest BCUT2D eigenvalue weighted by Gasteiger charge is -2.15. The number of hydrogen-bond donors (Lipinski definition) is 1. The monoisotopic (exact) mass is 511 g/mol. The topological polar surface area (TPSA) is 59.9 Å². The molecule has 0 saturated heterocycles. The van der Waals surface area contributed by atoms with E-state index >= 15 is 4.39 Å². The van der Waals surface area contributed by atoms with Crippen molar-refractivity contribution in [3.8, 4) is 28.3 Å². The van der Waals surface area contributed by atoms with Crippen molar-refractivity contribution in [3.63, 3.8) is 0 Å². The van der Waals surface area contributed by atoms with E-state index in [1.54, 1.807) is 19.2 Å². The molecule has 0 radical (unpaired) electrons. The fourth-order valence-corrected chi connectivity index (χ4v) is 4.30. The maximum absolute atomic E-state index is 15.4. The molecule has 0 amide bonds. The smallest absolute Gasteiger partial charge is 0.359 e. The molecule has 5 nitrogen and oxygen atoms in total. The van der Waals surface area contributed by atoms with E-state index in [9.17, 15) is 9.18 Å². The van der Waals surface area contributed by atoms with Crippen molar-refractivity contribution in [2.45, 2.75) is 6.92 Å². The molecule has 0 atom stereocenters. The molecule has 35 heavy (non-hydrogen) atoms. The molecule has 0 spiro atoms. The van der Waals surface area contributed by atoms with Crippen molar-refractivity contribution in [1.29, 1.82) is 0 Å². The summed E-state index contributed by atoms with van der Waals surface area (Å²) in [6.45, 7) is 1.77. The average Bonchev–Trinajstić information content (AvgIpc) is 3.47. The van der Waals surface area contributed by atoms with Crippen molar-refractivity contribution < 1.29 is 18.3 Å². The predicted octanol–water partition coefficient (Wildman–Crippen LogP) is 7.45. The van der Waals surface area contributed by atoms with Gasteiger partial charge in [0, 0.05) is 22.8 Å². The van der Waals surface area contributed by atoms with Gasteiger partial charge in [0.05, 0.1) is 28.0 Å². The molecule has 1 N–H and O–H groups in total. The molecule has 0 fully saturated rings. The number of fused-ring (bicyclic) bond motifs is 1. The third-order valence-electron chi connectivity index (χ3n) is 5.52. The zero-order chi connectivity index (χ0) is 24.7. The van der Waals surface area contributed by atoms with Crippen LogP contribution in [0.4, 0.5) is 8.78 Å². The van der Waals surface area contributed by atoms with E-state index in [0.717, 1.165) is 10.9 Å². The molecule has 0 aliphatic rings. The number of carbonyl (C=O) groups is 1. The van der Waals surface area contributed by atoms with Crippen molar-refractivity contribution in [1.82, 2.24) is 14.5 Å². The third-order valence-corrected chi connectivity index (χ3v) is 6.11. The lowest BCUT2D eigenvalue weighted by Crippen LogP contribution is -2.08. The normalized spacial score (nSPS) is 11.2. The largest absolute Gasteiger partial charge is 0.461 e. The second-order valence-electron chi connectivity index (χ2n) is 7.67. The highest BCUT2D eigenvalue weighted by Gasteiger charge is 2.28. The number of nitrogens with zero attached hydrogens (tertiary/aromatic N) is 2. The first kappa shape index (κ1) is 23.1. The summed E-state index contributed by atoms with van der Waals surface area (Å²) in [5.74, 6) is -1.79. The SMILES string of the molecule is CCOC(=O)c1nc(-c2ccc3cc[nH]c3c2)n(-c2cccc(Cl)c2F)c1-c1ccc(F)c(Cl)c1. The van der Waals surface area contributed by atoms with E-state index in [1.165, 1.54) is 34.9 Å². The fraction of sp³-hybridized carbons (Fsp3) is 0.0769. The van der Waals surface area contributed by atoms with Gasteiger partial charge in [-0.3, -0.25) is 4.57 Å². The molecule has 2 aromatic heterocycles. The number of esters is 1. The Kier molecular flexibility index (Phi) is 6.05. The Morgan fingerprint density at radius 2 is 1.83 bits per heavy atom. The number of nitrogens with one attached hydrogen (secondary N) is 1. The number of aromatic amines is 1. The van der Waals surface area contributed by atoms with Crippen LogP contribution in [-0.2, 0) is 4.74 Å². The fourth-order valence-electron chi connectivity index (χ4n) is 3.95. The molecule has 0 bridgehead atoms. The highest BCUT2D eigenvalue weighted by Crippen LogP contribution is 2.37. The van der Waals surface area contributed by atoms with Gasteiger partial charge in [-0.1, -0.05) is 41.4 Å². The Morgan fingerprint density at radius 3 is 2.60 bits per heavy atom. The summed E-state index contributed by atoms with van der Waals surface area (Å²) in [6.07, 6.45) is 1.80. The van der Waals surface area contributed by atoms with Crippen LogP contribution in [0.15, 0.2) is 66.9 Å². The molecule has 9 heteroatoms. The average molecular weight is 512 g/mol. The number of carbonyl (C=O) groups excluding carboxylic acids is 1. The van der Waals surface area contributed by atoms with Crippen molar-refractivity contribution in [3.05, 3.63) is 94.2 Å². The number of halogens is 4. The van der Waals surface area contributed by atoms with Crippen molar-refractivity contribution >= 4 is 40.1 Å². The van der Waals surface area contributed by atoms with Crippen LogP contribution in [0.3, 0.4) is 0 Å². The summed E-state index contributed by atoms with van der Waals surface area (Å²) < 4.78 is 36.1. The van der Waals surface area contributed by atoms with Crippen LogP contribution < -0.4 is 0 Å². The number of hydrogen-bond acceptors (Lipinski definition) is 3. The molecule has 0 aliphatic carbocycles. The molecule has 5 rings (SSSR count). The van der Waals surface area contributed by atoms with Gasteiger partial charge in [-0.25, -0.2) is 18.6 Å². The van der Waals surface area contributed by atoms with Crippen LogP contribution in [0.1, 0.15) is 17.4 Å². The van der Waals surface area contributed by atoms with Gasteiger partial charge in [0.2, 0.25) is 0 Å². The van der Waals surface area contributed by atoms with E-state index < -0.39 is 17.6 Å². The molecule has 2 heterocycles. The molecular formula is C26H17Cl2F2N3O2. The van der Waals surface area contributed by atoms with Gasteiger partial charge in [0.15, 0.2) is 11.5 Å². The first-order valence-corrected chi connectivity index (χ1v) is 11.4. The molecular weight excluding hydrogens is 495 g/mol.